The molecule has 0 aromatic rings. The third-order valence-corrected chi connectivity index (χ3v) is 1.22. The first-order valence-corrected chi connectivity index (χ1v) is 4.34. The number of rotatable bonds is 7. The smallest absolute Gasteiger partial charge is 0.333 e. The van der Waals surface area contributed by atoms with E-state index in [-0.39, 0.29) is 0 Å². The molecule has 0 saturated heterocycles. The van der Waals surface area contributed by atoms with E-state index in [4.69, 9.17) is 20.4 Å². The second-order valence-corrected chi connectivity index (χ2v) is 2.67. The van der Waals surface area contributed by atoms with Crippen LogP contribution in [-0.4, -0.2) is 57.0 Å². The van der Waals surface area contributed by atoms with Gasteiger partial charge in [0.2, 0.25) is 0 Å². The first-order valence-electron chi connectivity index (χ1n) is 4.34. The summed E-state index contributed by atoms with van der Waals surface area (Å²) >= 11 is 0. The summed E-state index contributed by atoms with van der Waals surface area (Å²) in [6, 6.07) is 0. The lowest BCUT2D eigenvalue weighted by molar-refractivity contribution is -0.161. The number of hydrogen-bond donors (Lipinski definition) is 4. The lowest BCUT2D eigenvalue weighted by atomic mass is 10.2. The molecule has 1 unspecified atom stereocenters. The van der Waals surface area contributed by atoms with Crippen molar-refractivity contribution in [3.05, 3.63) is 12.7 Å². The van der Waals surface area contributed by atoms with Crippen molar-refractivity contribution in [2.75, 3.05) is 6.61 Å². The van der Waals surface area contributed by atoms with Gasteiger partial charge in [-0.1, -0.05) is 6.58 Å². The SMILES string of the molecule is C=CC(=O)O.O=C(O)COC(CC(=O)O)C(=O)O. The predicted octanol–water partition coefficient (Wildman–Crippen LogP) is -0.727. The molecule has 0 fully saturated rings. The van der Waals surface area contributed by atoms with Crippen LogP contribution < -0.4 is 0 Å². The van der Waals surface area contributed by atoms with Crippen molar-refractivity contribution in [3.8, 4) is 0 Å². The number of carboxylic acids is 4. The Labute approximate surface area is 101 Å². The van der Waals surface area contributed by atoms with Gasteiger partial charge in [0.05, 0.1) is 6.42 Å². The van der Waals surface area contributed by atoms with E-state index in [9.17, 15) is 19.2 Å². The highest BCUT2D eigenvalue weighted by Gasteiger charge is 2.22. The Kier molecular flexibility index (Phi) is 9.76. The van der Waals surface area contributed by atoms with E-state index in [2.05, 4.69) is 11.3 Å². The van der Waals surface area contributed by atoms with Gasteiger partial charge in [0, 0.05) is 6.08 Å². The fraction of sp³-hybridized carbons (Fsp3) is 0.333. The molecular formula is C9H12O9. The number of carboxylic acid groups (broad SMARTS) is 4. The molecule has 18 heavy (non-hydrogen) atoms. The van der Waals surface area contributed by atoms with Gasteiger partial charge in [0.15, 0.2) is 6.10 Å². The van der Waals surface area contributed by atoms with Crippen molar-refractivity contribution in [1.82, 2.24) is 0 Å². The molecular weight excluding hydrogens is 252 g/mol. The summed E-state index contributed by atoms with van der Waals surface area (Å²) < 4.78 is 4.30. The second-order valence-electron chi connectivity index (χ2n) is 2.67. The minimum absolute atomic E-state index is 0.761. The van der Waals surface area contributed by atoms with E-state index in [1.807, 2.05) is 0 Å². The standard InChI is InChI=1S/C6H8O7.C3H4O2/c7-4(8)1-3(6(11)12)13-2-5(9)10;1-2-3(4)5/h3H,1-2H2,(H,7,8)(H,9,10)(H,11,12);2H,1H2,(H,4,5). The molecule has 0 aliphatic rings. The van der Waals surface area contributed by atoms with Crippen molar-refractivity contribution in [1.29, 1.82) is 0 Å². The Morgan fingerprint density at radius 2 is 1.50 bits per heavy atom. The van der Waals surface area contributed by atoms with E-state index >= 15 is 0 Å². The Bertz CT molecular complexity index is 333. The molecule has 0 heterocycles. The minimum Gasteiger partial charge on any atom is -0.481 e. The molecule has 1 atom stereocenters. The van der Waals surface area contributed by atoms with E-state index < -0.39 is 43.0 Å². The van der Waals surface area contributed by atoms with Gasteiger partial charge in [-0.15, -0.1) is 0 Å². The maximum Gasteiger partial charge on any atom is 0.333 e. The van der Waals surface area contributed by atoms with Gasteiger partial charge in [-0.05, 0) is 0 Å². The summed E-state index contributed by atoms with van der Waals surface area (Å²) in [5.41, 5.74) is 0. The number of hydrogen-bond acceptors (Lipinski definition) is 5. The van der Waals surface area contributed by atoms with E-state index in [0.29, 0.717) is 0 Å². The molecule has 0 aliphatic carbocycles. The zero-order valence-corrected chi connectivity index (χ0v) is 9.11. The summed E-state index contributed by atoms with van der Waals surface area (Å²) in [6.45, 7) is 2.13. The number of ether oxygens (including phenoxy) is 1. The average molecular weight is 264 g/mol. The normalized spacial score (nSPS) is 10.4. The van der Waals surface area contributed by atoms with Crippen LogP contribution in [0.2, 0.25) is 0 Å². The average Bonchev–Trinajstić information content (AvgIpc) is 2.23. The van der Waals surface area contributed by atoms with Crippen LogP contribution in [0.5, 0.6) is 0 Å². The van der Waals surface area contributed by atoms with Crippen LogP contribution >= 0.6 is 0 Å². The first kappa shape index (κ1) is 18.0. The predicted molar refractivity (Wildman–Crippen MR) is 55.1 cm³/mol. The third kappa shape index (κ3) is 13.6. The fourth-order valence-electron chi connectivity index (χ4n) is 0.548. The van der Waals surface area contributed by atoms with Crippen molar-refractivity contribution >= 4 is 23.9 Å². The summed E-state index contributed by atoms with van der Waals surface area (Å²) in [5.74, 6) is -5.19. The van der Waals surface area contributed by atoms with E-state index in [0.717, 1.165) is 6.08 Å². The fourth-order valence-corrected chi connectivity index (χ4v) is 0.548. The highest BCUT2D eigenvalue weighted by molar-refractivity contribution is 5.80. The molecule has 0 rings (SSSR count). The van der Waals surface area contributed by atoms with Crippen LogP contribution in [-0.2, 0) is 23.9 Å². The van der Waals surface area contributed by atoms with Crippen LogP contribution in [0.1, 0.15) is 6.42 Å². The Morgan fingerprint density at radius 1 is 1.06 bits per heavy atom. The Hall–Kier alpha value is -2.42. The minimum atomic E-state index is -1.62. The van der Waals surface area contributed by atoms with Crippen molar-refractivity contribution in [3.63, 3.8) is 0 Å². The molecule has 9 heteroatoms. The van der Waals surface area contributed by atoms with Gasteiger partial charge in [-0.3, -0.25) is 4.79 Å². The molecule has 0 aliphatic heterocycles. The summed E-state index contributed by atoms with van der Waals surface area (Å²) in [7, 11) is 0. The molecule has 0 amide bonds. The van der Waals surface area contributed by atoms with E-state index in [1.165, 1.54) is 0 Å². The quantitative estimate of drug-likeness (QED) is 0.435. The molecule has 0 bridgehead atoms. The van der Waals surface area contributed by atoms with Crippen LogP contribution in [0.3, 0.4) is 0 Å². The van der Waals surface area contributed by atoms with Crippen molar-refractivity contribution in [2.24, 2.45) is 0 Å². The third-order valence-electron chi connectivity index (χ3n) is 1.22. The number of carbonyl (C=O) groups is 4. The van der Waals surface area contributed by atoms with Gasteiger partial charge < -0.3 is 25.2 Å². The zero-order chi connectivity index (χ0) is 14.7. The van der Waals surface area contributed by atoms with Crippen LogP contribution in [0.4, 0.5) is 0 Å². The van der Waals surface area contributed by atoms with Gasteiger partial charge in [-0.25, -0.2) is 14.4 Å². The molecule has 0 spiro atoms. The molecule has 0 aromatic heterocycles. The monoisotopic (exact) mass is 264 g/mol. The Morgan fingerprint density at radius 3 is 1.72 bits per heavy atom. The van der Waals surface area contributed by atoms with Crippen LogP contribution in [0.15, 0.2) is 12.7 Å². The van der Waals surface area contributed by atoms with Crippen molar-refractivity contribution < 1.29 is 44.3 Å². The second kappa shape index (κ2) is 9.78. The maximum absolute atomic E-state index is 10.3. The maximum atomic E-state index is 10.3. The molecule has 0 aromatic carbocycles. The largest absolute Gasteiger partial charge is 0.481 e. The first-order chi connectivity index (χ1) is 8.20. The number of aliphatic carboxylic acids is 4. The van der Waals surface area contributed by atoms with Gasteiger partial charge in [0.25, 0.3) is 0 Å². The van der Waals surface area contributed by atoms with Gasteiger partial charge >= 0.3 is 23.9 Å². The summed E-state index contributed by atoms with van der Waals surface area (Å²) in [5, 5.41) is 32.3. The molecule has 4 N–H and O–H groups in total. The molecule has 102 valence electrons. The van der Waals surface area contributed by atoms with Crippen LogP contribution in [0, 0.1) is 0 Å². The van der Waals surface area contributed by atoms with Crippen molar-refractivity contribution in [2.45, 2.75) is 12.5 Å². The summed E-state index contributed by atoms with van der Waals surface area (Å²) in [4.78, 5) is 39.5. The lowest BCUT2D eigenvalue weighted by Gasteiger charge is -2.08. The Balaban J connectivity index is 0. The van der Waals surface area contributed by atoms with E-state index in [1.54, 1.807) is 0 Å². The van der Waals surface area contributed by atoms with Crippen LogP contribution in [0.25, 0.3) is 0 Å². The molecule has 0 radical (unpaired) electrons. The lowest BCUT2D eigenvalue weighted by Crippen LogP contribution is -2.29. The highest BCUT2D eigenvalue weighted by atomic mass is 16.5. The van der Waals surface area contributed by atoms with Gasteiger partial charge in [0.1, 0.15) is 6.61 Å². The molecule has 9 nitrogen and oxygen atoms in total. The zero-order valence-electron chi connectivity index (χ0n) is 9.11. The highest BCUT2D eigenvalue weighted by Crippen LogP contribution is 1.98. The topological polar surface area (TPSA) is 158 Å². The summed E-state index contributed by atoms with van der Waals surface area (Å²) in [6.07, 6.45) is -1.55. The molecule has 0 saturated carbocycles. The van der Waals surface area contributed by atoms with Gasteiger partial charge in [-0.2, -0.15) is 0 Å².